The highest BCUT2D eigenvalue weighted by atomic mass is 19.4. The Hall–Kier alpha value is -3.21. The lowest BCUT2D eigenvalue weighted by atomic mass is 10.2. The maximum atomic E-state index is 13.1. The fourth-order valence-electron chi connectivity index (χ4n) is 3.35. The number of nitrogens with one attached hydrogen (secondary N) is 1. The van der Waals surface area contributed by atoms with Crippen molar-refractivity contribution in [2.24, 2.45) is 0 Å². The van der Waals surface area contributed by atoms with Crippen molar-refractivity contribution in [1.29, 1.82) is 0 Å². The quantitative estimate of drug-likeness (QED) is 0.630. The zero-order chi connectivity index (χ0) is 22.0. The molecule has 164 valence electrons. The number of halogens is 4. The summed E-state index contributed by atoms with van der Waals surface area (Å²) >= 11 is 0. The molecule has 0 saturated carbocycles. The van der Waals surface area contributed by atoms with Crippen molar-refractivity contribution in [3.8, 4) is 0 Å². The third kappa shape index (κ3) is 4.93. The smallest absolute Gasteiger partial charge is 0.380 e. The van der Waals surface area contributed by atoms with Gasteiger partial charge in [-0.25, -0.2) is 4.39 Å². The highest BCUT2D eigenvalue weighted by Gasteiger charge is 2.30. The van der Waals surface area contributed by atoms with Gasteiger partial charge in [0.05, 0.1) is 17.5 Å². The summed E-state index contributed by atoms with van der Waals surface area (Å²) in [4.78, 5) is 18.6. The largest absolute Gasteiger partial charge is 0.408 e. The van der Waals surface area contributed by atoms with Crippen LogP contribution < -0.4 is 5.32 Å². The number of anilines is 2. The third-order valence-electron chi connectivity index (χ3n) is 4.80. The molecule has 0 aliphatic carbocycles. The van der Waals surface area contributed by atoms with Gasteiger partial charge in [0.2, 0.25) is 0 Å². The number of carbonyl (C=O) groups excluding carboxylic acids is 1. The van der Waals surface area contributed by atoms with Crippen molar-refractivity contribution in [3.63, 3.8) is 0 Å². The Morgan fingerprint density at radius 2 is 1.94 bits per heavy atom. The molecule has 0 unspecified atom stereocenters. The summed E-state index contributed by atoms with van der Waals surface area (Å²) in [7, 11) is 0. The Morgan fingerprint density at radius 1 is 1.16 bits per heavy atom. The van der Waals surface area contributed by atoms with Crippen LogP contribution in [0.5, 0.6) is 0 Å². The number of fused-ring (bicyclic) bond motifs is 1. The Morgan fingerprint density at radius 3 is 2.68 bits per heavy atom. The molecule has 1 amide bonds. The van der Waals surface area contributed by atoms with Crippen molar-refractivity contribution in [1.82, 2.24) is 19.7 Å². The molecular formula is C20H19F4N5O2. The Bertz CT molecular complexity index is 1070. The van der Waals surface area contributed by atoms with Crippen LogP contribution in [0.25, 0.3) is 10.9 Å². The molecule has 0 bridgehead atoms. The van der Waals surface area contributed by atoms with Crippen molar-refractivity contribution >= 4 is 28.3 Å². The van der Waals surface area contributed by atoms with Gasteiger partial charge in [0, 0.05) is 31.6 Å². The van der Waals surface area contributed by atoms with E-state index in [9.17, 15) is 22.4 Å². The second-order valence-corrected chi connectivity index (χ2v) is 7.10. The molecule has 3 heterocycles. The summed E-state index contributed by atoms with van der Waals surface area (Å²) in [6.07, 6.45) is -2.52. The van der Waals surface area contributed by atoms with E-state index in [1.807, 2.05) is 0 Å². The van der Waals surface area contributed by atoms with Gasteiger partial charge in [0.15, 0.2) is 5.82 Å². The van der Waals surface area contributed by atoms with Gasteiger partial charge >= 0.3 is 6.18 Å². The van der Waals surface area contributed by atoms with E-state index in [0.717, 1.165) is 4.68 Å². The predicted molar refractivity (Wildman–Crippen MR) is 105 cm³/mol. The summed E-state index contributed by atoms with van der Waals surface area (Å²) in [6, 6.07) is 6.64. The number of benzene rings is 1. The van der Waals surface area contributed by atoms with Crippen LogP contribution in [0.1, 0.15) is 16.9 Å². The highest BCUT2D eigenvalue weighted by molar-refractivity contribution is 5.98. The van der Waals surface area contributed by atoms with Crippen molar-refractivity contribution in [2.75, 3.05) is 31.6 Å². The van der Waals surface area contributed by atoms with Crippen LogP contribution in [0.4, 0.5) is 29.1 Å². The Kier molecular flexibility index (Phi) is 5.77. The molecule has 0 spiro atoms. The zero-order valence-electron chi connectivity index (χ0n) is 16.3. The predicted octanol–water partition coefficient (Wildman–Crippen LogP) is 3.74. The van der Waals surface area contributed by atoms with Crippen LogP contribution in [-0.2, 0) is 11.3 Å². The van der Waals surface area contributed by atoms with E-state index >= 15 is 0 Å². The van der Waals surface area contributed by atoms with E-state index in [1.165, 1.54) is 36.5 Å². The van der Waals surface area contributed by atoms with Gasteiger partial charge in [-0.3, -0.25) is 14.5 Å². The number of aromatic nitrogens is 3. The van der Waals surface area contributed by atoms with E-state index < -0.39 is 18.5 Å². The topological polar surface area (TPSA) is 72.3 Å². The second-order valence-electron chi connectivity index (χ2n) is 7.10. The molecule has 11 heteroatoms. The van der Waals surface area contributed by atoms with Gasteiger partial charge in [-0.15, -0.1) is 0 Å². The van der Waals surface area contributed by atoms with Crippen molar-refractivity contribution in [2.45, 2.75) is 19.1 Å². The van der Waals surface area contributed by atoms with Crippen molar-refractivity contribution < 1.29 is 27.1 Å². The lowest BCUT2D eigenvalue weighted by Gasteiger charge is -2.19. The van der Waals surface area contributed by atoms with Crippen LogP contribution >= 0.6 is 0 Å². The molecule has 1 aromatic carbocycles. The maximum Gasteiger partial charge on any atom is 0.408 e. The minimum atomic E-state index is -4.51. The summed E-state index contributed by atoms with van der Waals surface area (Å²) in [6.45, 7) is 0.484. The minimum Gasteiger partial charge on any atom is -0.380 e. The van der Waals surface area contributed by atoms with Gasteiger partial charge < -0.3 is 15.0 Å². The molecule has 0 atom stereocenters. The molecular weight excluding hydrogens is 418 g/mol. The standard InChI is InChI=1S/C20H19F4N5O2/c21-13-2-4-14(5-3-13)26-18-15-11-25-16(19(30)28-6-1-8-31-9-7-28)10-17(15)29(27-18)12-20(22,23)24/h2-5,10-11H,1,6-9,12H2,(H,26,27). The molecule has 4 rings (SSSR count). The van der Waals surface area contributed by atoms with E-state index in [1.54, 1.807) is 4.90 Å². The molecule has 1 fully saturated rings. The van der Waals surface area contributed by atoms with Crippen LogP contribution in [0.2, 0.25) is 0 Å². The van der Waals surface area contributed by atoms with Crippen LogP contribution in [0.15, 0.2) is 36.5 Å². The molecule has 7 nitrogen and oxygen atoms in total. The third-order valence-corrected chi connectivity index (χ3v) is 4.80. The number of pyridine rings is 1. The van der Waals surface area contributed by atoms with Crippen LogP contribution in [0.3, 0.4) is 0 Å². The second kappa shape index (κ2) is 8.50. The maximum absolute atomic E-state index is 13.1. The first kappa shape index (κ1) is 21.0. The number of amides is 1. The molecule has 3 aromatic rings. The first-order valence-corrected chi connectivity index (χ1v) is 9.63. The van der Waals surface area contributed by atoms with Crippen molar-refractivity contribution in [3.05, 3.63) is 48.0 Å². The van der Waals surface area contributed by atoms with Gasteiger partial charge in [-0.1, -0.05) is 0 Å². The molecule has 1 aliphatic heterocycles. The molecule has 2 aromatic heterocycles. The lowest BCUT2D eigenvalue weighted by Crippen LogP contribution is -2.33. The number of hydrogen-bond acceptors (Lipinski definition) is 5. The Balaban J connectivity index is 1.71. The highest BCUT2D eigenvalue weighted by Crippen LogP contribution is 2.29. The molecule has 1 aliphatic rings. The van der Waals surface area contributed by atoms with Gasteiger partial charge in [0.1, 0.15) is 18.1 Å². The number of nitrogens with zero attached hydrogens (tertiary/aromatic N) is 4. The Labute approximate surface area is 174 Å². The van der Waals surface area contributed by atoms with Crippen LogP contribution in [0, 0.1) is 5.82 Å². The van der Waals surface area contributed by atoms with Crippen LogP contribution in [-0.4, -0.2) is 58.1 Å². The lowest BCUT2D eigenvalue weighted by molar-refractivity contribution is -0.141. The minimum absolute atomic E-state index is 0.0334. The first-order chi connectivity index (χ1) is 14.8. The fraction of sp³-hybridized carbons (Fsp3) is 0.350. The van der Waals surface area contributed by atoms with E-state index in [-0.39, 0.29) is 22.9 Å². The van der Waals surface area contributed by atoms with Gasteiger partial charge in [-0.2, -0.15) is 18.3 Å². The van der Waals surface area contributed by atoms with Gasteiger partial charge in [0.25, 0.3) is 5.91 Å². The zero-order valence-corrected chi connectivity index (χ0v) is 16.3. The number of alkyl halides is 3. The average Bonchev–Trinajstić information content (AvgIpc) is 2.90. The summed E-state index contributed by atoms with van der Waals surface area (Å²) < 4.78 is 58.6. The number of carbonyl (C=O) groups is 1. The summed E-state index contributed by atoms with van der Waals surface area (Å²) in [5.74, 6) is -0.692. The number of ether oxygens (including phenoxy) is 1. The van der Waals surface area contributed by atoms with Gasteiger partial charge in [-0.05, 0) is 36.8 Å². The molecule has 31 heavy (non-hydrogen) atoms. The fourth-order valence-corrected chi connectivity index (χ4v) is 3.35. The summed E-state index contributed by atoms with van der Waals surface area (Å²) in [5.41, 5.74) is 0.599. The van der Waals surface area contributed by atoms with E-state index in [4.69, 9.17) is 4.74 Å². The monoisotopic (exact) mass is 437 g/mol. The number of hydrogen-bond donors (Lipinski definition) is 1. The molecule has 0 radical (unpaired) electrons. The van der Waals surface area contributed by atoms with E-state index in [0.29, 0.717) is 43.8 Å². The summed E-state index contributed by atoms with van der Waals surface area (Å²) in [5, 5.41) is 7.22. The van der Waals surface area contributed by atoms with E-state index in [2.05, 4.69) is 15.4 Å². The SMILES string of the molecule is O=C(c1cc2c(cn1)c(Nc1ccc(F)cc1)nn2CC(F)(F)F)N1CCCOCC1. The number of rotatable bonds is 4. The normalized spacial score (nSPS) is 15.2. The molecule has 1 N–H and O–H groups in total. The first-order valence-electron chi connectivity index (χ1n) is 9.63. The molecule has 1 saturated heterocycles. The average molecular weight is 437 g/mol.